The molecule has 3 aromatic rings. The van der Waals surface area contributed by atoms with Crippen molar-refractivity contribution in [2.45, 2.75) is 20.3 Å². The molecule has 0 saturated heterocycles. The molecule has 0 radical (unpaired) electrons. The van der Waals surface area contributed by atoms with Crippen molar-refractivity contribution in [1.82, 2.24) is 14.6 Å². The molecule has 0 bridgehead atoms. The third kappa shape index (κ3) is 2.39. The van der Waals surface area contributed by atoms with Gasteiger partial charge >= 0.3 is 5.97 Å². The van der Waals surface area contributed by atoms with E-state index in [1.807, 2.05) is 31.2 Å². The smallest absolute Gasteiger partial charge is 0.308 e. The largest absolute Gasteiger partial charge is 0.481 e. The van der Waals surface area contributed by atoms with E-state index in [9.17, 15) is 9.59 Å². The van der Waals surface area contributed by atoms with E-state index in [0.717, 1.165) is 16.8 Å². The van der Waals surface area contributed by atoms with E-state index in [4.69, 9.17) is 5.11 Å². The molecule has 0 spiro atoms. The molecule has 1 aromatic carbocycles. The van der Waals surface area contributed by atoms with Crippen molar-refractivity contribution in [1.29, 1.82) is 0 Å². The molecule has 112 valence electrons. The Morgan fingerprint density at radius 1 is 1.32 bits per heavy atom. The van der Waals surface area contributed by atoms with Crippen LogP contribution < -0.4 is 5.56 Å². The number of hydrogen-bond donors (Lipinski definition) is 2. The van der Waals surface area contributed by atoms with Gasteiger partial charge in [0.15, 0.2) is 5.65 Å². The lowest BCUT2D eigenvalue weighted by Crippen LogP contribution is -2.23. The quantitative estimate of drug-likeness (QED) is 0.773. The summed E-state index contributed by atoms with van der Waals surface area (Å²) in [5.41, 5.74) is 3.57. The van der Waals surface area contributed by atoms with Gasteiger partial charge in [0.25, 0.3) is 5.56 Å². The molecular weight excluding hydrogens is 282 g/mol. The molecule has 2 aromatic heterocycles. The number of rotatable bonds is 3. The summed E-state index contributed by atoms with van der Waals surface area (Å²) in [7, 11) is 0. The normalized spacial score (nSPS) is 11.0. The zero-order valence-electron chi connectivity index (χ0n) is 12.3. The van der Waals surface area contributed by atoms with Crippen molar-refractivity contribution in [3.8, 4) is 11.3 Å². The predicted molar refractivity (Wildman–Crippen MR) is 82.1 cm³/mol. The molecule has 0 amide bonds. The van der Waals surface area contributed by atoms with Gasteiger partial charge in [-0.3, -0.25) is 14.7 Å². The average Bonchev–Trinajstić information content (AvgIpc) is 2.87. The van der Waals surface area contributed by atoms with Crippen LogP contribution in [0.5, 0.6) is 0 Å². The van der Waals surface area contributed by atoms with Crippen LogP contribution in [-0.4, -0.2) is 25.7 Å². The second-order valence-electron chi connectivity index (χ2n) is 5.28. The van der Waals surface area contributed by atoms with Crippen LogP contribution in [-0.2, 0) is 11.2 Å². The highest BCUT2D eigenvalue weighted by molar-refractivity contribution is 5.71. The number of nitrogens with zero attached hydrogens (tertiary/aromatic N) is 2. The minimum Gasteiger partial charge on any atom is -0.481 e. The molecule has 22 heavy (non-hydrogen) atoms. The number of aromatic nitrogens is 3. The SMILES string of the molecule is Cc1cccc(-c2cc3nc(C)c(CC(=O)O)c(=O)n3[nH]2)c1. The Balaban J connectivity index is 2.20. The lowest BCUT2D eigenvalue weighted by atomic mass is 10.1. The van der Waals surface area contributed by atoms with Crippen molar-refractivity contribution in [3.05, 3.63) is 57.5 Å². The maximum Gasteiger partial charge on any atom is 0.308 e. The molecule has 0 saturated carbocycles. The summed E-state index contributed by atoms with van der Waals surface area (Å²) in [6, 6.07) is 9.65. The highest BCUT2D eigenvalue weighted by Gasteiger charge is 2.15. The minimum absolute atomic E-state index is 0.197. The molecule has 3 rings (SSSR count). The maximum atomic E-state index is 12.4. The first-order valence-corrected chi connectivity index (χ1v) is 6.86. The summed E-state index contributed by atoms with van der Waals surface area (Å²) >= 11 is 0. The Hall–Kier alpha value is -2.89. The van der Waals surface area contributed by atoms with E-state index in [0.29, 0.717) is 11.3 Å². The number of fused-ring (bicyclic) bond motifs is 1. The van der Waals surface area contributed by atoms with Gasteiger partial charge in [-0.15, -0.1) is 0 Å². The number of H-pyrrole nitrogens is 1. The maximum absolute atomic E-state index is 12.4. The van der Waals surface area contributed by atoms with Crippen molar-refractivity contribution >= 4 is 11.6 Å². The van der Waals surface area contributed by atoms with Crippen molar-refractivity contribution in [2.75, 3.05) is 0 Å². The zero-order chi connectivity index (χ0) is 15.9. The van der Waals surface area contributed by atoms with Gasteiger partial charge in [-0.05, 0) is 25.5 Å². The molecule has 0 aliphatic heterocycles. The molecule has 6 heteroatoms. The molecule has 0 fully saturated rings. The van der Waals surface area contributed by atoms with E-state index < -0.39 is 5.97 Å². The molecule has 0 aliphatic carbocycles. The number of aryl methyl sites for hydroxylation is 2. The average molecular weight is 297 g/mol. The van der Waals surface area contributed by atoms with Gasteiger partial charge in [-0.2, -0.15) is 0 Å². The fourth-order valence-electron chi connectivity index (χ4n) is 2.48. The Labute approximate surface area is 126 Å². The first-order valence-electron chi connectivity index (χ1n) is 6.86. The van der Waals surface area contributed by atoms with Crippen LogP contribution in [0, 0.1) is 13.8 Å². The second-order valence-corrected chi connectivity index (χ2v) is 5.28. The number of aromatic amines is 1. The fraction of sp³-hybridized carbons (Fsp3) is 0.188. The predicted octanol–water partition coefficient (Wildman–Crippen LogP) is 1.93. The summed E-state index contributed by atoms with van der Waals surface area (Å²) in [6.45, 7) is 3.64. The molecule has 0 atom stereocenters. The van der Waals surface area contributed by atoms with Crippen molar-refractivity contribution in [2.24, 2.45) is 0 Å². The standard InChI is InChI=1S/C16H15N3O3/c1-9-4-3-5-11(6-9)13-8-14-17-10(2)12(7-15(20)21)16(22)19(14)18-13/h3-6,8,18H,7H2,1-2H3,(H,20,21). The van der Waals surface area contributed by atoms with Gasteiger partial charge in [0, 0.05) is 11.8 Å². The van der Waals surface area contributed by atoms with Crippen LogP contribution in [0.2, 0.25) is 0 Å². The van der Waals surface area contributed by atoms with E-state index in [-0.39, 0.29) is 17.5 Å². The van der Waals surface area contributed by atoms with Gasteiger partial charge in [-0.25, -0.2) is 9.50 Å². The Morgan fingerprint density at radius 2 is 2.09 bits per heavy atom. The topological polar surface area (TPSA) is 87.5 Å². The number of hydrogen-bond acceptors (Lipinski definition) is 3. The van der Waals surface area contributed by atoms with E-state index in [2.05, 4.69) is 10.1 Å². The van der Waals surface area contributed by atoms with E-state index >= 15 is 0 Å². The Morgan fingerprint density at radius 3 is 2.77 bits per heavy atom. The molecule has 2 heterocycles. The number of nitrogens with one attached hydrogen (secondary N) is 1. The summed E-state index contributed by atoms with van der Waals surface area (Å²) < 4.78 is 1.29. The lowest BCUT2D eigenvalue weighted by molar-refractivity contribution is -0.136. The zero-order valence-corrected chi connectivity index (χ0v) is 12.3. The molecule has 0 unspecified atom stereocenters. The third-order valence-corrected chi connectivity index (χ3v) is 3.57. The Kier molecular flexibility index (Phi) is 3.29. The van der Waals surface area contributed by atoms with Crippen LogP contribution in [0.3, 0.4) is 0 Å². The van der Waals surface area contributed by atoms with Gasteiger partial charge < -0.3 is 5.11 Å². The van der Waals surface area contributed by atoms with Crippen molar-refractivity contribution in [3.63, 3.8) is 0 Å². The van der Waals surface area contributed by atoms with Crippen LogP contribution in [0.25, 0.3) is 16.9 Å². The number of carbonyl (C=O) groups is 1. The third-order valence-electron chi connectivity index (χ3n) is 3.57. The van der Waals surface area contributed by atoms with Crippen LogP contribution in [0.4, 0.5) is 0 Å². The first kappa shape index (κ1) is 14.1. The first-order chi connectivity index (χ1) is 10.5. The minimum atomic E-state index is -1.05. The molecule has 0 aliphatic rings. The number of benzene rings is 1. The highest BCUT2D eigenvalue weighted by atomic mass is 16.4. The second kappa shape index (κ2) is 5.14. The van der Waals surface area contributed by atoms with Gasteiger partial charge in [-0.1, -0.05) is 23.8 Å². The van der Waals surface area contributed by atoms with Crippen LogP contribution in [0.15, 0.2) is 35.1 Å². The van der Waals surface area contributed by atoms with Crippen LogP contribution >= 0.6 is 0 Å². The van der Waals surface area contributed by atoms with Gasteiger partial charge in [0.2, 0.25) is 0 Å². The van der Waals surface area contributed by atoms with Gasteiger partial charge in [0.1, 0.15) is 0 Å². The molecule has 6 nitrogen and oxygen atoms in total. The summed E-state index contributed by atoms with van der Waals surface area (Å²) in [4.78, 5) is 27.6. The Bertz CT molecular complexity index is 937. The van der Waals surface area contributed by atoms with E-state index in [1.54, 1.807) is 13.0 Å². The highest BCUT2D eigenvalue weighted by Crippen LogP contribution is 2.19. The lowest BCUT2D eigenvalue weighted by Gasteiger charge is -2.02. The summed E-state index contributed by atoms with van der Waals surface area (Å²) in [5.74, 6) is -1.05. The molecule has 2 N–H and O–H groups in total. The molecular formula is C16H15N3O3. The number of carboxylic acids is 1. The summed E-state index contributed by atoms with van der Waals surface area (Å²) in [6.07, 6.45) is -0.334. The summed E-state index contributed by atoms with van der Waals surface area (Å²) in [5, 5.41) is 11.9. The monoisotopic (exact) mass is 297 g/mol. The van der Waals surface area contributed by atoms with E-state index in [1.165, 1.54) is 4.52 Å². The number of carboxylic acid groups (broad SMARTS) is 1. The van der Waals surface area contributed by atoms with Crippen molar-refractivity contribution < 1.29 is 9.90 Å². The fourth-order valence-corrected chi connectivity index (χ4v) is 2.48. The van der Waals surface area contributed by atoms with Crippen LogP contribution in [0.1, 0.15) is 16.8 Å². The number of aliphatic carboxylic acids is 1. The van der Waals surface area contributed by atoms with Gasteiger partial charge in [0.05, 0.1) is 17.7 Å².